The van der Waals surface area contributed by atoms with Crippen molar-refractivity contribution in [2.24, 2.45) is 0 Å². The van der Waals surface area contributed by atoms with Crippen molar-refractivity contribution >= 4 is 16.6 Å². The molecule has 8 heteroatoms. The Balaban J connectivity index is 1.18. The van der Waals surface area contributed by atoms with Crippen molar-refractivity contribution in [1.82, 2.24) is 15.2 Å². The molecule has 5 aromatic rings. The molecule has 3 aromatic carbocycles. The Kier molecular flexibility index (Phi) is 4.96. The van der Waals surface area contributed by atoms with Gasteiger partial charge in [0, 0.05) is 57.4 Å². The quantitative estimate of drug-likeness (QED) is 0.210. The first-order chi connectivity index (χ1) is 17.0. The van der Waals surface area contributed by atoms with Crippen LogP contribution in [0, 0.1) is 10.1 Å². The Morgan fingerprint density at radius 3 is 2.31 bits per heavy atom. The van der Waals surface area contributed by atoms with E-state index in [1.54, 1.807) is 12.1 Å². The zero-order valence-corrected chi connectivity index (χ0v) is 19.3. The van der Waals surface area contributed by atoms with Gasteiger partial charge in [0.25, 0.3) is 5.69 Å². The number of hydrogen-bond donors (Lipinski definition) is 1. The van der Waals surface area contributed by atoms with Gasteiger partial charge < -0.3 is 13.9 Å². The molecule has 174 valence electrons. The summed E-state index contributed by atoms with van der Waals surface area (Å²) >= 11 is 0. The maximum atomic E-state index is 10.9. The average Bonchev–Trinajstić information content (AvgIpc) is 3.50. The number of para-hydroxylation sites is 1. The molecular formula is C27H24N5O3+. The number of benzene rings is 3. The summed E-state index contributed by atoms with van der Waals surface area (Å²) in [6.07, 6.45) is 1.05. The van der Waals surface area contributed by atoms with E-state index in [2.05, 4.69) is 58.6 Å². The molecule has 0 spiro atoms. The van der Waals surface area contributed by atoms with E-state index in [0.29, 0.717) is 17.3 Å². The van der Waals surface area contributed by atoms with Crippen LogP contribution in [0.2, 0.25) is 0 Å². The second-order valence-corrected chi connectivity index (χ2v) is 9.45. The number of H-pyrrole nitrogens is 1. The summed E-state index contributed by atoms with van der Waals surface area (Å²) in [5.74, 6) is 0.756. The highest BCUT2D eigenvalue weighted by Gasteiger charge is 2.31. The molecule has 0 radical (unpaired) electrons. The summed E-state index contributed by atoms with van der Waals surface area (Å²) in [6.45, 7) is 3.03. The molecule has 2 aromatic heterocycles. The lowest BCUT2D eigenvalue weighted by atomic mass is 10.0. The zero-order valence-electron chi connectivity index (χ0n) is 19.3. The van der Waals surface area contributed by atoms with E-state index in [0.717, 1.165) is 36.1 Å². The SMILES string of the molecule is C[N@+]1(Cc2ccc(-c3nnc(-c4ccc([N+](=O)[O-])cc4)o3)cc2)CCc2[nH]c3ccccc3c2C1. The summed E-state index contributed by atoms with van der Waals surface area (Å²) in [7, 11) is 2.33. The molecule has 0 saturated heterocycles. The van der Waals surface area contributed by atoms with Gasteiger partial charge in [-0.05, 0) is 30.3 Å². The fourth-order valence-corrected chi connectivity index (χ4v) is 5.00. The lowest BCUT2D eigenvalue weighted by molar-refractivity contribution is -0.937. The average molecular weight is 467 g/mol. The molecular weight excluding hydrogens is 442 g/mol. The van der Waals surface area contributed by atoms with Crippen LogP contribution in [0.4, 0.5) is 5.69 Å². The standard InChI is InChI=1S/C27H24N5O3/c1-32(15-14-25-23(17-32)22-4-2-3-5-24(22)28-25)16-18-6-8-19(9-7-18)26-29-30-27(35-26)20-10-12-21(13-11-20)31(33)34/h2-13,28H,14-17H2,1H3/q+1/t32-/m1/s1. The summed E-state index contributed by atoms with van der Waals surface area (Å²) in [4.78, 5) is 14.0. The minimum absolute atomic E-state index is 0.0232. The van der Waals surface area contributed by atoms with Gasteiger partial charge in [-0.25, -0.2) is 0 Å². The third kappa shape index (κ3) is 3.98. The van der Waals surface area contributed by atoms with Crippen molar-refractivity contribution in [3.05, 3.63) is 99.7 Å². The fourth-order valence-electron chi connectivity index (χ4n) is 5.00. The third-order valence-electron chi connectivity index (χ3n) is 6.86. The number of aromatic amines is 1. The van der Waals surface area contributed by atoms with Crippen molar-refractivity contribution in [3.8, 4) is 22.9 Å². The number of likely N-dealkylation sites (N-methyl/N-ethyl adjacent to an activating group) is 1. The Labute approximate surface area is 201 Å². The molecule has 8 nitrogen and oxygen atoms in total. The summed E-state index contributed by atoms with van der Waals surface area (Å²) in [5, 5.41) is 20.5. The van der Waals surface area contributed by atoms with Crippen LogP contribution >= 0.6 is 0 Å². The van der Waals surface area contributed by atoms with Gasteiger partial charge >= 0.3 is 0 Å². The number of aromatic nitrogens is 3. The van der Waals surface area contributed by atoms with Gasteiger partial charge in [-0.2, -0.15) is 0 Å². The Hall–Kier alpha value is -4.30. The van der Waals surface area contributed by atoms with Crippen molar-refractivity contribution in [2.75, 3.05) is 13.6 Å². The van der Waals surface area contributed by atoms with E-state index < -0.39 is 4.92 Å². The van der Waals surface area contributed by atoms with Crippen molar-refractivity contribution in [1.29, 1.82) is 0 Å². The van der Waals surface area contributed by atoms with E-state index in [1.807, 2.05) is 12.1 Å². The third-order valence-corrected chi connectivity index (χ3v) is 6.86. The van der Waals surface area contributed by atoms with Crippen LogP contribution in [-0.2, 0) is 19.5 Å². The van der Waals surface area contributed by atoms with Gasteiger partial charge in [0.15, 0.2) is 0 Å². The summed E-state index contributed by atoms with van der Waals surface area (Å²) in [5.41, 5.74) is 6.81. The molecule has 35 heavy (non-hydrogen) atoms. The molecule has 0 fully saturated rings. The van der Waals surface area contributed by atoms with Crippen LogP contribution in [0.25, 0.3) is 33.8 Å². The molecule has 1 atom stereocenters. The first kappa shape index (κ1) is 21.2. The first-order valence-electron chi connectivity index (χ1n) is 11.6. The fraction of sp³-hybridized carbons (Fsp3) is 0.185. The molecule has 1 N–H and O–H groups in total. The highest BCUT2D eigenvalue weighted by Crippen LogP contribution is 2.32. The number of rotatable bonds is 5. The van der Waals surface area contributed by atoms with Crippen LogP contribution in [0.3, 0.4) is 0 Å². The highest BCUT2D eigenvalue weighted by molar-refractivity contribution is 5.84. The molecule has 0 aliphatic carbocycles. The van der Waals surface area contributed by atoms with Gasteiger partial charge in [0.05, 0.1) is 18.5 Å². The van der Waals surface area contributed by atoms with Gasteiger partial charge in [0.1, 0.15) is 13.1 Å². The van der Waals surface area contributed by atoms with E-state index in [-0.39, 0.29) is 5.69 Å². The summed E-state index contributed by atoms with van der Waals surface area (Å²) in [6, 6.07) is 22.9. The largest absolute Gasteiger partial charge is 0.416 e. The predicted molar refractivity (Wildman–Crippen MR) is 132 cm³/mol. The number of nitro groups is 1. The van der Waals surface area contributed by atoms with Crippen molar-refractivity contribution in [3.63, 3.8) is 0 Å². The van der Waals surface area contributed by atoms with Crippen LogP contribution < -0.4 is 0 Å². The topological polar surface area (TPSA) is 97.8 Å². The first-order valence-corrected chi connectivity index (χ1v) is 11.6. The molecule has 3 heterocycles. The van der Waals surface area contributed by atoms with E-state index in [9.17, 15) is 10.1 Å². The smallest absolute Gasteiger partial charge is 0.269 e. The maximum Gasteiger partial charge on any atom is 0.269 e. The highest BCUT2D eigenvalue weighted by atomic mass is 16.6. The van der Waals surface area contributed by atoms with Crippen molar-refractivity contribution < 1.29 is 13.8 Å². The maximum absolute atomic E-state index is 10.9. The second kappa shape index (κ2) is 8.18. The monoisotopic (exact) mass is 466 g/mol. The summed E-state index contributed by atoms with van der Waals surface area (Å²) < 4.78 is 6.79. The van der Waals surface area contributed by atoms with Crippen LogP contribution in [0.15, 0.2) is 77.2 Å². The van der Waals surface area contributed by atoms with Gasteiger partial charge in [-0.1, -0.05) is 30.3 Å². The number of fused-ring (bicyclic) bond motifs is 3. The second-order valence-electron chi connectivity index (χ2n) is 9.45. The number of nitrogens with one attached hydrogen (secondary N) is 1. The Morgan fingerprint density at radius 1 is 0.971 bits per heavy atom. The van der Waals surface area contributed by atoms with Gasteiger partial charge in [0.2, 0.25) is 11.8 Å². The van der Waals surface area contributed by atoms with E-state index in [1.165, 1.54) is 39.9 Å². The Bertz CT molecular complexity index is 1540. The minimum Gasteiger partial charge on any atom is -0.416 e. The molecule has 1 aliphatic heterocycles. The van der Waals surface area contributed by atoms with Crippen LogP contribution in [0.1, 0.15) is 16.8 Å². The predicted octanol–water partition coefficient (Wildman–Crippen LogP) is 5.50. The lowest BCUT2D eigenvalue weighted by Gasteiger charge is -2.38. The molecule has 0 bridgehead atoms. The lowest BCUT2D eigenvalue weighted by Crippen LogP contribution is -2.46. The van der Waals surface area contributed by atoms with Gasteiger partial charge in [-0.15, -0.1) is 10.2 Å². The van der Waals surface area contributed by atoms with Gasteiger partial charge in [-0.3, -0.25) is 10.1 Å². The molecule has 6 rings (SSSR count). The number of hydrogen-bond acceptors (Lipinski definition) is 5. The molecule has 0 saturated carbocycles. The number of nitrogens with zero attached hydrogens (tertiary/aromatic N) is 4. The van der Waals surface area contributed by atoms with Crippen LogP contribution in [-0.4, -0.2) is 38.2 Å². The number of quaternary nitrogens is 1. The van der Waals surface area contributed by atoms with Crippen LogP contribution in [0.5, 0.6) is 0 Å². The molecule has 1 aliphatic rings. The number of nitro benzene ring substituents is 1. The molecule has 0 amide bonds. The normalized spacial score (nSPS) is 17.4. The van der Waals surface area contributed by atoms with E-state index in [4.69, 9.17) is 4.42 Å². The zero-order chi connectivity index (χ0) is 24.0. The minimum atomic E-state index is -0.434. The van der Waals surface area contributed by atoms with E-state index >= 15 is 0 Å². The molecule has 0 unspecified atom stereocenters. The number of non-ortho nitro benzene ring substituents is 1. The van der Waals surface area contributed by atoms with Crippen molar-refractivity contribution in [2.45, 2.75) is 19.5 Å². The Morgan fingerprint density at radius 2 is 1.63 bits per heavy atom.